The first-order valence-electron chi connectivity index (χ1n) is 14.9. The molecule has 0 N–H and O–H groups in total. The Labute approximate surface area is 271 Å². The molecular weight excluding hydrogens is 719 g/mol. The van der Waals surface area contributed by atoms with Crippen LogP contribution in [0, 0.1) is 12.1 Å². The minimum Gasteiger partial charge on any atom is -0.486 e. The van der Waals surface area contributed by atoms with Crippen LogP contribution in [0.5, 0.6) is 0 Å². The summed E-state index contributed by atoms with van der Waals surface area (Å²) in [7, 11) is 0. The van der Waals surface area contributed by atoms with Crippen molar-refractivity contribution >= 4 is 22.1 Å². The predicted octanol–water partition coefficient (Wildman–Crippen LogP) is 9.05. The van der Waals surface area contributed by atoms with Gasteiger partial charge >= 0.3 is 0 Å². The van der Waals surface area contributed by atoms with Crippen LogP contribution in [-0.2, 0) is 45.8 Å². The van der Waals surface area contributed by atoms with E-state index >= 15 is 0 Å². The van der Waals surface area contributed by atoms with E-state index in [-0.39, 0.29) is 20.1 Å². The van der Waals surface area contributed by atoms with Gasteiger partial charge in [0.05, 0.1) is 5.58 Å². The number of furan rings is 1. The monoisotopic (exact) mass is 750 g/mol. The maximum Gasteiger partial charge on any atom is 0.216 e. The largest absolute Gasteiger partial charge is 0.486 e. The molecule has 44 heavy (non-hydrogen) atoms. The number of pyridine rings is 3. The van der Waals surface area contributed by atoms with E-state index in [4.69, 9.17) is 14.4 Å². The molecule has 0 bridgehead atoms. The van der Waals surface area contributed by atoms with Gasteiger partial charge in [-0.05, 0) is 79.2 Å². The number of nitrogens with zero attached hydrogens (tertiary/aromatic N) is 3. The Bertz CT molecular complexity index is 1930. The molecule has 219 valence electrons. The molecule has 1 radical (unpaired) electrons. The number of fused-ring (bicyclic) bond motifs is 4. The Morgan fingerprint density at radius 3 is 2.34 bits per heavy atom. The molecule has 0 unspecified atom stereocenters. The first-order chi connectivity index (χ1) is 21.3. The zero-order chi connectivity index (χ0) is 28.8. The van der Waals surface area contributed by atoms with E-state index in [1.807, 2.05) is 60.8 Å². The third-order valence-electron chi connectivity index (χ3n) is 8.00. The van der Waals surface area contributed by atoms with Crippen molar-refractivity contribution in [3.63, 3.8) is 0 Å². The normalized spacial score (nSPS) is 12.2. The van der Waals surface area contributed by atoms with E-state index in [0.717, 1.165) is 70.2 Å². The summed E-state index contributed by atoms with van der Waals surface area (Å²) in [6.45, 7) is 0. The fraction of sp³-hybridized carbons (Fsp3) is 0.154. The third-order valence-corrected chi connectivity index (χ3v) is 8.00. The van der Waals surface area contributed by atoms with Gasteiger partial charge in [0, 0.05) is 43.6 Å². The molecule has 0 saturated heterocycles. The molecule has 0 spiro atoms. The number of hydrogen-bond donors (Lipinski definition) is 0. The average molecular weight is 750 g/mol. The topological polar surface area (TPSA) is 51.8 Å². The van der Waals surface area contributed by atoms with Crippen LogP contribution in [0.25, 0.3) is 44.6 Å². The Balaban J connectivity index is 0.000000222. The number of rotatable bonds is 5. The average Bonchev–Trinajstić information content (AvgIpc) is 3.47. The Kier molecular flexibility index (Phi) is 9.36. The summed E-state index contributed by atoms with van der Waals surface area (Å²) in [6.07, 6.45) is 10.5. The summed E-state index contributed by atoms with van der Waals surface area (Å²) in [5, 5.41) is 2.12. The molecule has 0 fully saturated rings. The van der Waals surface area contributed by atoms with Gasteiger partial charge < -0.3 is 14.4 Å². The Hall–Kier alpha value is -4.44. The van der Waals surface area contributed by atoms with Gasteiger partial charge in [0.2, 0.25) is 5.71 Å². The molecule has 5 heteroatoms. The van der Waals surface area contributed by atoms with Crippen LogP contribution in [-0.4, -0.2) is 15.0 Å². The molecule has 0 atom stereocenters. The second-order valence-electron chi connectivity index (χ2n) is 10.9. The Morgan fingerprint density at radius 2 is 1.52 bits per heavy atom. The van der Waals surface area contributed by atoms with Gasteiger partial charge in [-0.25, -0.2) is 4.98 Å². The second-order valence-corrected chi connectivity index (χ2v) is 10.9. The first kappa shape index (κ1) is 29.6. The van der Waals surface area contributed by atoms with Crippen molar-refractivity contribution in [3.8, 4) is 22.5 Å². The number of benzene rings is 3. The van der Waals surface area contributed by atoms with Gasteiger partial charge in [-0.15, -0.1) is 54.1 Å². The molecule has 0 amide bonds. The van der Waals surface area contributed by atoms with Crippen LogP contribution >= 0.6 is 0 Å². The molecular formula is C39H31IrN3O-2. The minimum absolute atomic E-state index is 0. The summed E-state index contributed by atoms with van der Waals surface area (Å²) in [4.78, 5) is 13.8. The summed E-state index contributed by atoms with van der Waals surface area (Å²) >= 11 is 0. The molecule has 3 aromatic carbocycles. The van der Waals surface area contributed by atoms with Crippen LogP contribution < -0.4 is 0 Å². The zero-order valence-electron chi connectivity index (χ0n) is 24.3. The van der Waals surface area contributed by atoms with Gasteiger partial charge in [-0.3, -0.25) is 0 Å². The fourth-order valence-corrected chi connectivity index (χ4v) is 5.73. The summed E-state index contributed by atoms with van der Waals surface area (Å²) < 4.78 is 6.29. The Morgan fingerprint density at radius 1 is 0.682 bits per heavy atom. The molecule has 1 aliphatic carbocycles. The van der Waals surface area contributed by atoms with E-state index in [0.29, 0.717) is 5.71 Å². The summed E-state index contributed by atoms with van der Waals surface area (Å²) in [5.74, 6) is 0. The van der Waals surface area contributed by atoms with Gasteiger partial charge in [0.15, 0.2) is 0 Å². The number of hydrogen-bond acceptors (Lipinski definition) is 4. The van der Waals surface area contributed by atoms with E-state index in [1.165, 1.54) is 29.5 Å². The van der Waals surface area contributed by atoms with Gasteiger partial charge in [0.25, 0.3) is 0 Å². The molecule has 4 aromatic heterocycles. The van der Waals surface area contributed by atoms with Crippen molar-refractivity contribution in [1.29, 1.82) is 0 Å². The molecule has 4 heterocycles. The van der Waals surface area contributed by atoms with Crippen molar-refractivity contribution < 1.29 is 24.5 Å². The molecule has 0 aliphatic heterocycles. The molecule has 8 rings (SSSR count). The van der Waals surface area contributed by atoms with Gasteiger partial charge in [-0.2, -0.15) is 0 Å². The first-order valence-corrected chi connectivity index (χ1v) is 14.9. The van der Waals surface area contributed by atoms with Gasteiger partial charge in [-0.1, -0.05) is 65.0 Å². The van der Waals surface area contributed by atoms with Gasteiger partial charge in [0.1, 0.15) is 0 Å². The van der Waals surface area contributed by atoms with Crippen LogP contribution in [0.3, 0.4) is 0 Å². The maximum absolute atomic E-state index is 6.29. The van der Waals surface area contributed by atoms with Crippen molar-refractivity contribution in [3.05, 3.63) is 150 Å². The van der Waals surface area contributed by atoms with Crippen LogP contribution in [0.2, 0.25) is 0 Å². The van der Waals surface area contributed by atoms with Crippen molar-refractivity contribution in [2.45, 2.75) is 38.5 Å². The summed E-state index contributed by atoms with van der Waals surface area (Å²) in [5.41, 5.74) is 10.6. The van der Waals surface area contributed by atoms with Crippen molar-refractivity contribution in [2.24, 2.45) is 0 Å². The van der Waals surface area contributed by atoms with E-state index < -0.39 is 0 Å². The second kappa shape index (κ2) is 13.9. The predicted molar refractivity (Wildman–Crippen MR) is 173 cm³/mol. The quantitative estimate of drug-likeness (QED) is 0.165. The summed E-state index contributed by atoms with van der Waals surface area (Å²) in [6, 6.07) is 41.2. The molecule has 4 nitrogen and oxygen atoms in total. The van der Waals surface area contributed by atoms with Crippen molar-refractivity contribution in [1.82, 2.24) is 15.0 Å². The standard InChI is InChI=1S/C28H23N2O.C11H8N.Ir/c1-2-7-19(8-3-1)13-14-22-15-16-24-23-11-6-12-25(27(23)31-28(24)30-22)26-17-20-9-4-5-10-21(20)18-29-26;1-2-6-10(7-3-1)11-8-4-5-9-12-11;/h1-3,6-8,11,15-18H,4-5,9-10,13-14H2;1-6,8-9H;/q2*-1;. The SMILES string of the molecule is [Ir].[c-]1ccc2c(oc3nc(CCc4ccccc4)ccc32)c1-c1cc2c(cn1)CCCC2.[c-]1ccccc1-c1ccccn1. The zero-order valence-corrected chi connectivity index (χ0v) is 26.7. The van der Waals surface area contributed by atoms with Crippen LogP contribution in [0.1, 0.15) is 35.2 Å². The third kappa shape index (κ3) is 6.55. The number of aryl methyl sites for hydroxylation is 4. The molecule has 1 aliphatic rings. The number of aromatic nitrogens is 3. The smallest absolute Gasteiger partial charge is 0.216 e. The molecule has 0 saturated carbocycles. The van der Waals surface area contributed by atoms with Crippen molar-refractivity contribution in [2.75, 3.05) is 0 Å². The van der Waals surface area contributed by atoms with Crippen LogP contribution in [0.15, 0.2) is 120 Å². The van der Waals surface area contributed by atoms with Crippen LogP contribution in [0.4, 0.5) is 0 Å². The minimum atomic E-state index is 0. The molecule has 7 aromatic rings. The van der Waals surface area contributed by atoms with E-state index in [9.17, 15) is 0 Å². The van der Waals surface area contributed by atoms with E-state index in [1.54, 1.807) is 6.20 Å². The fourth-order valence-electron chi connectivity index (χ4n) is 5.73. The maximum atomic E-state index is 6.29. The van der Waals surface area contributed by atoms with E-state index in [2.05, 4.69) is 65.6 Å².